The maximum atomic E-state index is 13.4. The fourth-order valence-corrected chi connectivity index (χ4v) is 3.90. The van der Waals surface area contributed by atoms with Gasteiger partial charge in [-0.05, 0) is 54.6 Å². The fourth-order valence-electron chi connectivity index (χ4n) is 2.46. The summed E-state index contributed by atoms with van der Waals surface area (Å²) in [5.74, 6) is -0.861. The van der Waals surface area contributed by atoms with Crippen LogP contribution in [0.4, 0.5) is 4.39 Å². The van der Waals surface area contributed by atoms with Crippen LogP contribution in [-0.2, 0) is 16.4 Å². The number of amides is 1. The SMILES string of the molecule is COc1ccc(F)cc1CNC(=O)c1ccc(S(=O)(=O)c2ccc(Br)cc2)o1. The van der Waals surface area contributed by atoms with Crippen molar-refractivity contribution in [3.8, 4) is 5.75 Å². The number of carbonyl (C=O) groups excluding carboxylic acids is 1. The van der Waals surface area contributed by atoms with Crippen molar-refractivity contribution >= 4 is 31.7 Å². The molecule has 0 aliphatic rings. The van der Waals surface area contributed by atoms with Crippen molar-refractivity contribution in [3.63, 3.8) is 0 Å². The lowest BCUT2D eigenvalue weighted by Gasteiger charge is -2.09. The Bertz CT molecular complexity index is 1110. The standard InChI is InChI=1S/C19H15BrFNO5S/c1-26-16-7-4-14(21)10-12(16)11-22-19(23)17-8-9-18(27-17)28(24,25)15-5-2-13(20)3-6-15/h2-10H,11H2,1H3,(H,22,23). The van der Waals surface area contributed by atoms with E-state index in [1.807, 2.05) is 0 Å². The number of methoxy groups -OCH3 is 1. The molecule has 146 valence electrons. The molecule has 0 aliphatic heterocycles. The Kier molecular flexibility index (Phi) is 5.85. The molecule has 3 rings (SSSR count). The van der Waals surface area contributed by atoms with Crippen molar-refractivity contribution in [3.05, 3.63) is 76.2 Å². The third kappa shape index (κ3) is 4.26. The zero-order chi connectivity index (χ0) is 20.3. The second kappa shape index (κ2) is 8.15. The van der Waals surface area contributed by atoms with Gasteiger partial charge in [0.05, 0.1) is 12.0 Å². The van der Waals surface area contributed by atoms with E-state index in [4.69, 9.17) is 9.15 Å². The van der Waals surface area contributed by atoms with E-state index in [9.17, 15) is 17.6 Å². The fraction of sp³-hybridized carbons (Fsp3) is 0.105. The number of sulfone groups is 1. The van der Waals surface area contributed by atoms with Gasteiger partial charge in [-0.15, -0.1) is 0 Å². The number of halogens is 2. The maximum Gasteiger partial charge on any atom is 0.287 e. The topological polar surface area (TPSA) is 85.6 Å². The largest absolute Gasteiger partial charge is 0.496 e. The first kappa shape index (κ1) is 20.1. The number of nitrogens with one attached hydrogen (secondary N) is 1. The van der Waals surface area contributed by atoms with Gasteiger partial charge >= 0.3 is 0 Å². The first-order valence-corrected chi connectivity index (χ1v) is 10.3. The van der Waals surface area contributed by atoms with Crippen molar-refractivity contribution in [1.82, 2.24) is 5.32 Å². The molecule has 0 spiro atoms. The quantitative estimate of drug-likeness (QED) is 0.592. The van der Waals surface area contributed by atoms with Gasteiger partial charge in [0.25, 0.3) is 5.91 Å². The number of hydrogen-bond donors (Lipinski definition) is 1. The first-order valence-electron chi connectivity index (χ1n) is 8.02. The summed E-state index contributed by atoms with van der Waals surface area (Å²) in [6.07, 6.45) is 0. The van der Waals surface area contributed by atoms with Crippen LogP contribution in [0.1, 0.15) is 16.1 Å². The second-order valence-corrected chi connectivity index (χ2v) is 8.51. The van der Waals surface area contributed by atoms with E-state index in [2.05, 4.69) is 21.2 Å². The third-order valence-corrected chi connectivity index (χ3v) is 6.05. The first-order chi connectivity index (χ1) is 13.3. The second-order valence-electron chi connectivity index (χ2n) is 5.71. The molecule has 1 aromatic heterocycles. The molecular formula is C19H15BrFNO5S. The Hall–Kier alpha value is -2.65. The molecular weight excluding hydrogens is 453 g/mol. The minimum Gasteiger partial charge on any atom is -0.496 e. The normalized spacial score (nSPS) is 11.2. The predicted octanol–water partition coefficient (Wildman–Crippen LogP) is 3.95. The lowest BCUT2D eigenvalue weighted by atomic mass is 10.2. The van der Waals surface area contributed by atoms with Gasteiger partial charge in [0.1, 0.15) is 11.6 Å². The number of furan rings is 1. The Morgan fingerprint density at radius 2 is 1.86 bits per heavy atom. The summed E-state index contributed by atoms with van der Waals surface area (Å²) in [7, 11) is -2.45. The highest BCUT2D eigenvalue weighted by Gasteiger charge is 2.23. The molecule has 1 N–H and O–H groups in total. The van der Waals surface area contributed by atoms with Gasteiger partial charge in [-0.1, -0.05) is 15.9 Å². The van der Waals surface area contributed by atoms with Crippen LogP contribution >= 0.6 is 15.9 Å². The van der Waals surface area contributed by atoms with Gasteiger partial charge in [0.2, 0.25) is 14.9 Å². The average molecular weight is 468 g/mol. The summed E-state index contributed by atoms with van der Waals surface area (Å²) in [5, 5.41) is 2.20. The summed E-state index contributed by atoms with van der Waals surface area (Å²) >= 11 is 3.24. The number of benzene rings is 2. The van der Waals surface area contributed by atoms with Crippen molar-refractivity contribution in [1.29, 1.82) is 0 Å². The maximum absolute atomic E-state index is 13.4. The van der Waals surface area contributed by atoms with Crippen molar-refractivity contribution < 1.29 is 26.8 Å². The molecule has 2 aromatic carbocycles. The molecule has 1 amide bonds. The summed E-state index contributed by atoms with van der Waals surface area (Å²) in [4.78, 5) is 12.3. The van der Waals surface area contributed by atoms with Gasteiger partial charge < -0.3 is 14.5 Å². The van der Waals surface area contributed by atoms with Crippen LogP contribution < -0.4 is 10.1 Å². The highest BCUT2D eigenvalue weighted by atomic mass is 79.9. The summed E-state index contributed by atoms with van der Waals surface area (Å²) in [6.45, 7) is -0.0186. The number of ether oxygens (including phenoxy) is 1. The molecule has 0 saturated heterocycles. The lowest BCUT2D eigenvalue weighted by molar-refractivity contribution is 0.0917. The molecule has 0 unspecified atom stereocenters. The van der Waals surface area contributed by atoms with E-state index >= 15 is 0 Å². The highest BCUT2D eigenvalue weighted by molar-refractivity contribution is 9.10. The molecule has 0 fully saturated rings. The van der Waals surface area contributed by atoms with E-state index in [0.29, 0.717) is 11.3 Å². The molecule has 0 atom stereocenters. The zero-order valence-corrected chi connectivity index (χ0v) is 17.0. The smallest absolute Gasteiger partial charge is 0.287 e. The van der Waals surface area contributed by atoms with E-state index in [1.165, 1.54) is 49.6 Å². The number of rotatable bonds is 6. The average Bonchev–Trinajstić information content (AvgIpc) is 3.18. The van der Waals surface area contributed by atoms with Crippen LogP contribution in [0.3, 0.4) is 0 Å². The zero-order valence-electron chi connectivity index (χ0n) is 14.6. The molecule has 0 radical (unpaired) electrons. The van der Waals surface area contributed by atoms with Crippen LogP contribution in [0.25, 0.3) is 0 Å². The van der Waals surface area contributed by atoms with Gasteiger partial charge in [0.15, 0.2) is 5.76 Å². The Morgan fingerprint density at radius 3 is 2.54 bits per heavy atom. The van der Waals surface area contributed by atoms with Gasteiger partial charge in [0, 0.05) is 16.6 Å². The Labute approximate surface area is 169 Å². The highest BCUT2D eigenvalue weighted by Crippen LogP contribution is 2.24. The third-order valence-electron chi connectivity index (χ3n) is 3.88. The van der Waals surface area contributed by atoms with Crippen LogP contribution in [0, 0.1) is 5.82 Å². The minimum atomic E-state index is -3.89. The molecule has 28 heavy (non-hydrogen) atoms. The Morgan fingerprint density at radius 1 is 1.14 bits per heavy atom. The summed E-state index contributed by atoms with van der Waals surface area (Å²) < 4.78 is 49.7. The Balaban J connectivity index is 1.76. The minimum absolute atomic E-state index is 0.0186. The van der Waals surface area contributed by atoms with Crippen LogP contribution in [0.5, 0.6) is 5.75 Å². The van der Waals surface area contributed by atoms with Gasteiger partial charge in [-0.25, -0.2) is 12.8 Å². The monoisotopic (exact) mass is 467 g/mol. The molecule has 9 heteroatoms. The molecule has 0 bridgehead atoms. The molecule has 0 aliphatic carbocycles. The lowest BCUT2D eigenvalue weighted by Crippen LogP contribution is -2.22. The van der Waals surface area contributed by atoms with Crippen molar-refractivity contribution in [2.45, 2.75) is 16.5 Å². The van der Waals surface area contributed by atoms with Gasteiger partial charge in [-0.3, -0.25) is 4.79 Å². The molecule has 6 nitrogen and oxygen atoms in total. The van der Waals surface area contributed by atoms with E-state index in [-0.39, 0.29) is 22.3 Å². The predicted molar refractivity (Wildman–Crippen MR) is 102 cm³/mol. The summed E-state index contributed by atoms with van der Waals surface area (Å²) in [5.41, 5.74) is 0.435. The van der Waals surface area contributed by atoms with E-state index in [1.54, 1.807) is 12.1 Å². The number of hydrogen-bond acceptors (Lipinski definition) is 5. The number of carbonyl (C=O) groups is 1. The van der Waals surface area contributed by atoms with Crippen LogP contribution in [0.15, 0.2) is 73.5 Å². The van der Waals surface area contributed by atoms with Crippen molar-refractivity contribution in [2.75, 3.05) is 7.11 Å². The summed E-state index contributed by atoms with van der Waals surface area (Å²) in [6, 6.07) is 12.5. The van der Waals surface area contributed by atoms with E-state index < -0.39 is 21.6 Å². The van der Waals surface area contributed by atoms with Crippen LogP contribution in [-0.4, -0.2) is 21.4 Å². The molecule has 0 saturated carbocycles. The van der Waals surface area contributed by atoms with Crippen LogP contribution in [0.2, 0.25) is 0 Å². The van der Waals surface area contributed by atoms with Gasteiger partial charge in [-0.2, -0.15) is 0 Å². The molecule has 3 aromatic rings. The van der Waals surface area contributed by atoms with E-state index in [0.717, 1.165) is 4.47 Å². The molecule has 1 heterocycles. The van der Waals surface area contributed by atoms with Crippen molar-refractivity contribution in [2.24, 2.45) is 0 Å².